The van der Waals surface area contributed by atoms with Crippen LogP contribution in [0.15, 0.2) is 24.3 Å². The van der Waals surface area contributed by atoms with Crippen LogP contribution in [0.25, 0.3) is 16.9 Å². The van der Waals surface area contributed by atoms with Crippen LogP contribution in [-0.2, 0) is 9.53 Å². The van der Waals surface area contributed by atoms with E-state index in [9.17, 15) is 13.6 Å². The number of morpholine rings is 1. The first kappa shape index (κ1) is 27.2. The van der Waals surface area contributed by atoms with E-state index >= 15 is 0 Å². The summed E-state index contributed by atoms with van der Waals surface area (Å²) >= 11 is 0. The van der Waals surface area contributed by atoms with Gasteiger partial charge < -0.3 is 25.2 Å². The average Bonchev–Trinajstić information content (AvgIpc) is 3.29. The molecule has 2 aliphatic rings. The predicted octanol–water partition coefficient (Wildman–Crippen LogP) is 3.30. The Bertz CT molecular complexity index is 1300. The Morgan fingerprint density at radius 1 is 1.05 bits per heavy atom. The summed E-state index contributed by atoms with van der Waals surface area (Å²) in [6.45, 7) is 4.73. The molecule has 2 N–H and O–H groups in total. The Hall–Kier alpha value is -3.38. The van der Waals surface area contributed by atoms with Crippen LogP contribution >= 0.6 is 0 Å². The highest BCUT2D eigenvalue weighted by atomic mass is 19.3. The maximum Gasteiger partial charge on any atom is 0.296 e. The number of hydrogen-bond donors (Lipinski definition) is 2. The number of anilines is 2. The smallest absolute Gasteiger partial charge is 0.296 e. The number of ether oxygens (including phenoxy) is 1. The summed E-state index contributed by atoms with van der Waals surface area (Å²) in [4.78, 5) is 29.8. The van der Waals surface area contributed by atoms with Gasteiger partial charge in [-0.05, 0) is 64.4 Å². The van der Waals surface area contributed by atoms with E-state index in [1.165, 1.54) is 4.57 Å². The van der Waals surface area contributed by atoms with Gasteiger partial charge in [0.15, 0.2) is 5.82 Å². The zero-order chi connectivity index (χ0) is 27.5. The third kappa shape index (κ3) is 6.44. The van der Waals surface area contributed by atoms with E-state index in [0.29, 0.717) is 61.5 Å². The maximum absolute atomic E-state index is 14.2. The Balaban J connectivity index is 1.42. The van der Waals surface area contributed by atoms with Gasteiger partial charge in [-0.3, -0.25) is 9.36 Å². The second-order valence-electron chi connectivity index (χ2n) is 10.6. The summed E-state index contributed by atoms with van der Waals surface area (Å²) in [5, 5.41) is 6.57. The number of rotatable bonds is 8. The van der Waals surface area contributed by atoms with Crippen molar-refractivity contribution in [1.82, 2.24) is 29.7 Å². The first-order valence-corrected chi connectivity index (χ1v) is 13.5. The van der Waals surface area contributed by atoms with Crippen LogP contribution in [0.3, 0.4) is 0 Å². The minimum absolute atomic E-state index is 0.0280. The van der Waals surface area contributed by atoms with Gasteiger partial charge in [0.25, 0.3) is 6.43 Å². The van der Waals surface area contributed by atoms with E-state index in [1.807, 2.05) is 38.1 Å². The summed E-state index contributed by atoms with van der Waals surface area (Å²) in [7, 11) is 3.75. The number of benzene rings is 1. The lowest BCUT2D eigenvalue weighted by Gasteiger charge is -2.31. The molecule has 1 aromatic carbocycles. The second kappa shape index (κ2) is 11.8. The molecule has 210 valence electrons. The van der Waals surface area contributed by atoms with Crippen molar-refractivity contribution in [3.63, 3.8) is 0 Å². The lowest BCUT2D eigenvalue weighted by Crippen LogP contribution is -2.43. The Kier molecular flexibility index (Phi) is 8.22. The van der Waals surface area contributed by atoms with Crippen LogP contribution in [0.2, 0.25) is 0 Å². The number of nitrogens with zero attached hydrogens (tertiary/aromatic N) is 6. The summed E-state index contributed by atoms with van der Waals surface area (Å²) < 4.78 is 35.3. The van der Waals surface area contributed by atoms with E-state index < -0.39 is 6.43 Å². The fraction of sp³-hybridized carbons (Fsp3) is 0.556. The SMILES string of the molecule is Cc1ccc2nc(C(F)F)n(-c3cc(N4CCOCC4)nc(N[C@H]4CC[C@H](NC(=O)CN(C)C)CC4)n3)c2c1. The molecule has 1 aliphatic heterocycles. The molecule has 1 saturated heterocycles. The van der Waals surface area contributed by atoms with Crippen molar-refractivity contribution in [2.24, 2.45) is 0 Å². The third-order valence-corrected chi connectivity index (χ3v) is 7.18. The Morgan fingerprint density at radius 3 is 2.44 bits per heavy atom. The molecule has 0 unspecified atom stereocenters. The molecule has 1 aliphatic carbocycles. The molecule has 10 nitrogen and oxygen atoms in total. The number of carbonyl (C=O) groups is 1. The van der Waals surface area contributed by atoms with E-state index in [1.54, 1.807) is 12.1 Å². The lowest BCUT2D eigenvalue weighted by atomic mass is 9.91. The molecule has 2 fully saturated rings. The fourth-order valence-corrected chi connectivity index (χ4v) is 5.27. The van der Waals surface area contributed by atoms with Gasteiger partial charge >= 0.3 is 0 Å². The van der Waals surface area contributed by atoms with E-state index in [-0.39, 0.29) is 23.8 Å². The minimum atomic E-state index is -2.77. The molecule has 0 spiro atoms. The van der Waals surface area contributed by atoms with Crippen LogP contribution < -0.4 is 15.5 Å². The number of amides is 1. The van der Waals surface area contributed by atoms with Crippen LogP contribution in [0.5, 0.6) is 0 Å². The normalized spacial score (nSPS) is 20.1. The molecule has 3 heterocycles. The second-order valence-corrected chi connectivity index (χ2v) is 10.6. The standard InChI is InChI=1S/C27H36F2N8O2/c1-17-4-9-20-21(14-17)37(26(32-20)25(28)29)23-15-22(36-10-12-39-13-11-36)33-27(34-23)31-19-7-5-18(6-8-19)30-24(38)16-35(2)3/h4,9,14-15,18-19,25H,5-8,10-13,16H2,1-3H3,(H,30,38)(H,31,33,34)/t18-,19-. The van der Waals surface area contributed by atoms with Crippen molar-refractivity contribution >= 4 is 28.7 Å². The highest BCUT2D eigenvalue weighted by Crippen LogP contribution is 2.30. The largest absolute Gasteiger partial charge is 0.378 e. The molecule has 0 atom stereocenters. The number of halogens is 2. The van der Waals surface area contributed by atoms with E-state index in [4.69, 9.17) is 14.7 Å². The number of fused-ring (bicyclic) bond motifs is 1. The molecule has 1 saturated carbocycles. The lowest BCUT2D eigenvalue weighted by molar-refractivity contribution is -0.122. The quantitative estimate of drug-likeness (QED) is 0.447. The Morgan fingerprint density at radius 2 is 1.74 bits per heavy atom. The number of nitrogens with one attached hydrogen (secondary N) is 2. The molecule has 39 heavy (non-hydrogen) atoms. The zero-order valence-electron chi connectivity index (χ0n) is 22.7. The summed E-state index contributed by atoms with van der Waals surface area (Å²) in [5.41, 5.74) is 2.02. The van der Waals surface area contributed by atoms with Crippen molar-refractivity contribution in [2.45, 2.75) is 51.1 Å². The first-order chi connectivity index (χ1) is 18.8. The fourth-order valence-electron chi connectivity index (χ4n) is 5.27. The predicted molar refractivity (Wildman–Crippen MR) is 146 cm³/mol. The molecular formula is C27H36F2N8O2. The monoisotopic (exact) mass is 542 g/mol. The topological polar surface area (TPSA) is 100 Å². The van der Waals surface area contributed by atoms with Crippen molar-refractivity contribution < 1.29 is 18.3 Å². The van der Waals surface area contributed by atoms with Crippen LogP contribution in [0.4, 0.5) is 20.5 Å². The van der Waals surface area contributed by atoms with E-state index in [0.717, 1.165) is 31.2 Å². The number of hydrogen-bond acceptors (Lipinski definition) is 8. The number of aryl methyl sites for hydroxylation is 1. The number of imidazole rings is 1. The van der Waals surface area contributed by atoms with Gasteiger partial charge in [0.1, 0.15) is 11.6 Å². The van der Waals surface area contributed by atoms with Gasteiger partial charge in [0, 0.05) is 31.2 Å². The molecular weight excluding hydrogens is 506 g/mol. The van der Waals surface area contributed by atoms with Crippen LogP contribution in [-0.4, -0.2) is 89.4 Å². The van der Waals surface area contributed by atoms with Gasteiger partial charge in [-0.1, -0.05) is 6.07 Å². The molecule has 12 heteroatoms. The first-order valence-electron chi connectivity index (χ1n) is 13.5. The average molecular weight is 543 g/mol. The number of aromatic nitrogens is 4. The highest BCUT2D eigenvalue weighted by Gasteiger charge is 2.26. The van der Waals surface area contributed by atoms with Crippen LogP contribution in [0, 0.1) is 6.92 Å². The van der Waals surface area contributed by atoms with Crippen LogP contribution in [0.1, 0.15) is 43.5 Å². The van der Waals surface area contributed by atoms with Gasteiger partial charge in [0.05, 0.1) is 30.8 Å². The third-order valence-electron chi connectivity index (χ3n) is 7.18. The summed E-state index contributed by atoms with van der Waals surface area (Å²) in [6.07, 6.45) is 0.585. The van der Waals surface area contributed by atoms with Gasteiger partial charge in [0.2, 0.25) is 11.9 Å². The molecule has 0 radical (unpaired) electrons. The van der Waals surface area contributed by atoms with Crippen molar-refractivity contribution in [1.29, 1.82) is 0 Å². The zero-order valence-corrected chi connectivity index (χ0v) is 22.7. The number of alkyl halides is 2. The van der Waals surface area contributed by atoms with E-state index in [2.05, 4.69) is 20.5 Å². The summed E-state index contributed by atoms with van der Waals surface area (Å²) in [6, 6.07) is 7.47. The maximum atomic E-state index is 14.2. The molecule has 5 rings (SSSR count). The summed E-state index contributed by atoms with van der Waals surface area (Å²) in [5.74, 6) is 1.08. The Labute approximate surface area is 226 Å². The van der Waals surface area contributed by atoms with Crippen molar-refractivity contribution in [2.75, 3.05) is 57.2 Å². The molecule has 1 amide bonds. The van der Waals surface area contributed by atoms with Crippen molar-refractivity contribution in [3.05, 3.63) is 35.7 Å². The van der Waals surface area contributed by atoms with Crippen molar-refractivity contribution in [3.8, 4) is 5.82 Å². The molecule has 3 aromatic rings. The van der Waals surface area contributed by atoms with Gasteiger partial charge in [-0.2, -0.15) is 9.97 Å². The molecule has 2 aromatic heterocycles. The van der Waals surface area contributed by atoms with Gasteiger partial charge in [-0.15, -0.1) is 0 Å². The minimum Gasteiger partial charge on any atom is -0.378 e. The van der Waals surface area contributed by atoms with Gasteiger partial charge in [-0.25, -0.2) is 13.8 Å². The highest BCUT2D eigenvalue weighted by molar-refractivity contribution is 5.79. The number of carbonyl (C=O) groups excluding carboxylic acids is 1. The number of likely N-dealkylation sites (N-methyl/N-ethyl adjacent to an activating group) is 1. The molecule has 0 bridgehead atoms.